The van der Waals surface area contributed by atoms with E-state index in [4.69, 9.17) is 10.5 Å². The summed E-state index contributed by atoms with van der Waals surface area (Å²) in [6, 6.07) is 0. The molecule has 4 bridgehead atoms. The molecular formula is C16H25N3O. The number of anilines is 1. The van der Waals surface area contributed by atoms with Crippen LogP contribution in [0.4, 0.5) is 5.82 Å². The highest BCUT2D eigenvalue weighted by molar-refractivity contribution is 5.50. The Kier molecular flexibility index (Phi) is 2.69. The third-order valence-corrected chi connectivity index (χ3v) is 6.01. The highest BCUT2D eigenvalue weighted by Gasteiger charge is 2.53. The fourth-order valence-corrected chi connectivity index (χ4v) is 5.83. The van der Waals surface area contributed by atoms with E-state index >= 15 is 0 Å². The third-order valence-electron chi connectivity index (χ3n) is 6.01. The Morgan fingerprint density at radius 2 is 1.75 bits per heavy atom. The molecule has 4 nitrogen and oxygen atoms in total. The van der Waals surface area contributed by atoms with Crippen LogP contribution in [0.3, 0.4) is 0 Å². The number of methoxy groups -OCH3 is 1. The molecule has 1 aromatic rings. The fourth-order valence-electron chi connectivity index (χ4n) is 5.83. The Morgan fingerprint density at radius 3 is 2.25 bits per heavy atom. The first-order valence-electron chi connectivity index (χ1n) is 7.92. The van der Waals surface area contributed by atoms with Crippen LogP contribution < -0.4 is 5.73 Å². The average Bonchev–Trinajstić information content (AvgIpc) is 2.64. The van der Waals surface area contributed by atoms with Crippen molar-refractivity contribution in [2.75, 3.05) is 12.8 Å². The predicted octanol–water partition coefficient (Wildman–Crippen LogP) is 2.62. The summed E-state index contributed by atoms with van der Waals surface area (Å²) >= 11 is 0. The van der Waals surface area contributed by atoms with Gasteiger partial charge in [0.1, 0.15) is 5.82 Å². The molecule has 1 aromatic heterocycles. The van der Waals surface area contributed by atoms with Gasteiger partial charge in [-0.2, -0.15) is 5.10 Å². The average molecular weight is 275 g/mol. The predicted molar refractivity (Wildman–Crippen MR) is 78.2 cm³/mol. The molecule has 5 rings (SSSR count). The molecule has 4 aliphatic rings. The molecule has 1 heterocycles. The number of nitrogen functional groups attached to an aromatic ring is 1. The summed E-state index contributed by atoms with van der Waals surface area (Å²) in [5.74, 6) is 3.66. The van der Waals surface area contributed by atoms with Crippen molar-refractivity contribution in [2.24, 2.45) is 24.8 Å². The van der Waals surface area contributed by atoms with Gasteiger partial charge in [-0.25, -0.2) is 0 Å². The number of rotatable bonds is 3. The van der Waals surface area contributed by atoms with Gasteiger partial charge in [0.25, 0.3) is 0 Å². The van der Waals surface area contributed by atoms with Gasteiger partial charge >= 0.3 is 0 Å². The molecule has 4 saturated carbocycles. The number of nitrogens with two attached hydrogens (primary N) is 1. The van der Waals surface area contributed by atoms with Gasteiger partial charge in [-0.1, -0.05) is 0 Å². The SMILES string of the molecule is COCc1nn(C)c(N)c1C12CC3CC(CC(C3)C1)C2. The molecule has 0 aliphatic heterocycles. The number of aryl methyl sites for hydroxylation is 1. The van der Waals surface area contributed by atoms with E-state index in [0.717, 1.165) is 29.3 Å². The summed E-state index contributed by atoms with van der Waals surface area (Å²) in [6.07, 6.45) is 8.35. The molecule has 4 aliphatic carbocycles. The smallest absolute Gasteiger partial charge is 0.125 e. The second-order valence-electron chi connectivity index (χ2n) is 7.46. The molecule has 0 amide bonds. The van der Waals surface area contributed by atoms with E-state index in [1.165, 1.54) is 44.1 Å². The monoisotopic (exact) mass is 275 g/mol. The van der Waals surface area contributed by atoms with Gasteiger partial charge in [0.05, 0.1) is 12.3 Å². The molecule has 0 unspecified atom stereocenters. The molecule has 110 valence electrons. The Balaban J connectivity index is 1.80. The van der Waals surface area contributed by atoms with Gasteiger partial charge in [0, 0.05) is 25.1 Å². The van der Waals surface area contributed by atoms with E-state index in [2.05, 4.69) is 5.10 Å². The van der Waals surface area contributed by atoms with Crippen LogP contribution in [0.2, 0.25) is 0 Å². The standard InChI is InChI=1S/C16H25N3O/c1-19-15(17)14(13(18-19)9-20-2)16-6-10-3-11(7-16)5-12(4-10)8-16/h10-12H,3-9,17H2,1-2H3. The van der Waals surface area contributed by atoms with Crippen molar-refractivity contribution in [3.05, 3.63) is 11.3 Å². The van der Waals surface area contributed by atoms with Gasteiger partial charge < -0.3 is 10.5 Å². The maximum atomic E-state index is 6.40. The highest BCUT2D eigenvalue weighted by Crippen LogP contribution is 2.61. The van der Waals surface area contributed by atoms with E-state index < -0.39 is 0 Å². The Bertz CT molecular complexity index is 499. The van der Waals surface area contributed by atoms with E-state index in [-0.39, 0.29) is 0 Å². The maximum absolute atomic E-state index is 6.40. The maximum Gasteiger partial charge on any atom is 0.125 e. The number of ether oxygens (including phenoxy) is 1. The molecule has 0 saturated heterocycles. The lowest BCUT2D eigenvalue weighted by molar-refractivity contribution is -0.00588. The van der Waals surface area contributed by atoms with Crippen LogP contribution in [0.25, 0.3) is 0 Å². The molecule has 0 atom stereocenters. The molecule has 0 radical (unpaired) electrons. The normalized spacial score (nSPS) is 38.6. The van der Waals surface area contributed by atoms with Crippen molar-refractivity contribution in [1.82, 2.24) is 9.78 Å². The third kappa shape index (κ3) is 1.67. The van der Waals surface area contributed by atoms with Gasteiger partial charge in [-0.15, -0.1) is 0 Å². The minimum atomic E-state index is 0.307. The van der Waals surface area contributed by atoms with Crippen molar-refractivity contribution < 1.29 is 4.74 Å². The van der Waals surface area contributed by atoms with Crippen molar-refractivity contribution in [3.63, 3.8) is 0 Å². The molecule has 2 N–H and O–H groups in total. The van der Waals surface area contributed by atoms with Crippen LogP contribution in [0, 0.1) is 17.8 Å². The van der Waals surface area contributed by atoms with Gasteiger partial charge in [-0.3, -0.25) is 4.68 Å². The van der Waals surface area contributed by atoms with Crippen LogP contribution in [0.1, 0.15) is 49.8 Å². The van der Waals surface area contributed by atoms with Gasteiger partial charge in [-0.05, 0) is 56.3 Å². The summed E-state index contributed by atoms with van der Waals surface area (Å²) in [7, 11) is 3.70. The van der Waals surface area contributed by atoms with Crippen molar-refractivity contribution in [3.8, 4) is 0 Å². The first-order valence-corrected chi connectivity index (χ1v) is 7.92. The lowest BCUT2D eigenvalue weighted by atomic mass is 9.48. The van der Waals surface area contributed by atoms with Crippen LogP contribution in [-0.2, 0) is 23.8 Å². The minimum absolute atomic E-state index is 0.307. The van der Waals surface area contributed by atoms with Crippen LogP contribution in [0.5, 0.6) is 0 Å². The van der Waals surface area contributed by atoms with E-state index in [1.54, 1.807) is 7.11 Å². The quantitative estimate of drug-likeness (QED) is 0.922. The van der Waals surface area contributed by atoms with Crippen LogP contribution in [0.15, 0.2) is 0 Å². The Labute approximate surface area is 120 Å². The summed E-state index contributed by atoms with van der Waals surface area (Å²) in [5, 5.41) is 4.62. The molecule has 4 fully saturated rings. The highest BCUT2D eigenvalue weighted by atomic mass is 16.5. The zero-order chi connectivity index (χ0) is 13.9. The van der Waals surface area contributed by atoms with Gasteiger partial charge in [0.2, 0.25) is 0 Å². The van der Waals surface area contributed by atoms with E-state index in [1.807, 2.05) is 11.7 Å². The molecule has 0 spiro atoms. The first kappa shape index (κ1) is 12.7. The molecular weight excluding hydrogens is 250 g/mol. The lowest BCUT2D eigenvalue weighted by Gasteiger charge is -2.57. The Hall–Kier alpha value is -1.03. The van der Waals surface area contributed by atoms with Crippen LogP contribution >= 0.6 is 0 Å². The summed E-state index contributed by atoms with van der Waals surface area (Å²) in [6.45, 7) is 0.585. The summed E-state index contributed by atoms with van der Waals surface area (Å²) < 4.78 is 7.22. The zero-order valence-corrected chi connectivity index (χ0v) is 12.6. The summed E-state index contributed by atoms with van der Waals surface area (Å²) in [5.41, 5.74) is 9.12. The molecule has 0 aromatic carbocycles. The fraction of sp³-hybridized carbons (Fsp3) is 0.812. The van der Waals surface area contributed by atoms with Crippen molar-refractivity contribution >= 4 is 5.82 Å². The first-order chi connectivity index (χ1) is 9.61. The largest absolute Gasteiger partial charge is 0.384 e. The number of hydrogen-bond acceptors (Lipinski definition) is 3. The number of aromatic nitrogens is 2. The molecule has 4 heteroatoms. The molecule has 20 heavy (non-hydrogen) atoms. The van der Waals surface area contributed by atoms with Gasteiger partial charge in [0.15, 0.2) is 0 Å². The topological polar surface area (TPSA) is 53.1 Å². The second kappa shape index (κ2) is 4.23. The van der Waals surface area contributed by atoms with Crippen molar-refractivity contribution in [2.45, 2.75) is 50.5 Å². The van der Waals surface area contributed by atoms with Crippen LogP contribution in [-0.4, -0.2) is 16.9 Å². The Morgan fingerprint density at radius 1 is 1.20 bits per heavy atom. The lowest BCUT2D eigenvalue weighted by Crippen LogP contribution is -2.49. The van der Waals surface area contributed by atoms with Crippen molar-refractivity contribution in [1.29, 1.82) is 0 Å². The zero-order valence-electron chi connectivity index (χ0n) is 12.6. The summed E-state index contributed by atoms with van der Waals surface area (Å²) in [4.78, 5) is 0. The number of nitrogens with zero attached hydrogens (tertiary/aromatic N) is 2. The second-order valence-corrected chi connectivity index (χ2v) is 7.46. The minimum Gasteiger partial charge on any atom is -0.384 e. The van der Waals surface area contributed by atoms with E-state index in [9.17, 15) is 0 Å². The number of hydrogen-bond donors (Lipinski definition) is 1. The van der Waals surface area contributed by atoms with E-state index in [0.29, 0.717) is 12.0 Å².